The zero-order chi connectivity index (χ0) is 12.3. The molecule has 0 spiro atoms. The molecule has 17 heavy (non-hydrogen) atoms. The second-order valence-electron chi connectivity index (χ2n) is 5.51. The molecule has 1 aromatic carbocycles. The molecule has 0 atom stereocenters. The van der Waals surface area contributed by atoms with Gasteiger partial charge >= 0.3 is 0 Å². The summed E-state index contributed by atoms with van der Waals surface area (Å²) < 4.78 is 0. The average Bonchev–Trinajstić information content (AvgIpc) is 2.76. The van der Waals surface area contributed by atoms with Crippen molar-refractivity contribution in [2.75, 3.05) is 13.1 Å². The third-order valence-electron chi connectivity index (χ3n) is 3.75. The Morgan fingerprint density at radius 1 is 1.24 bits per heavy atom. The lowest BCUT2D eigenvalue weighted by atomic mass is 9.94. The molecule has 0 unspecified atom stereocenters. The summed E-state index contributed by atoms with van der Waals surface area (Å²) in [6.45, 7) is 6.06. The fraction of sp³-hybridized carbons (Fsp3) is 0.533. The molecule has 0 N–H and O–H groups in total. The van der Waals surface area contributed by atoms with Crippen LogP contribution in [0.5, 0.6) is 0 Å². The smallest absolute Gasteiger partial charge is 0.148 e. The zero-order valence-electron chi connectivity index (χ0n) is 10.8. The van der Waals surface area contributed by atoms with Crippen molar-refractivity contribution in [3.8, 4) is 0 Å². The molecule has 0 aliphatic carbocycles. The quantitative estimate of drug-likeness (QED) is 0.794. The van der Waals surface area contributed by atoms with Crippen LogP contribution in [0.2, 0.25) is 0 Å². The third kappa shape index (κ3) is 3.16. The van der Waals surface area contributed by atoms with E-state index in [2.05, 4.69) is 43.0 Å². The van der Waals surface area contributed by atoms with Gasteiger partial charge in [0, 0.05) is 18.5 Å². The maximum absolute atomic E-state index is 11.3. The number of carbonyl (C=O) groups excluding carboxylic acids is 1. The Kier molecular flexibility index (Phi) is 3.63. The monoisotopic (exact) mass is 231 g/mol. The van der Waals surface area contributed by atoms with E-state index in [0.717, 1.165) is 25.8 Å². The molecule has 2 nitrogen and oxygen atoms in total. The predicted octanol–water partition coefficient (Wildman–Crippen LogP) is 2.67. The highest BCUT2D eigenvalue weighted by atomic mass is 16.1. The van der Waals surface area contributed by atoms with Crippen LogP contribution in [0.3, 0.4) is 0 Å². The van der Waals surface area contributed by atoms with Gasteiger partial charge in [0.2, 0.25) is 0 Å². The first-order chi connectivity index (χ1) is 8.08. The Morgan fingerprint density at radius 2 is 1.94 bits per heavy atom. The maximum Gasteiger partial charge on any atom is 0.148 e. The van der Waals surface area contributed by atoms with Crippen molar-refractivity contribution in [1.82, 2.24) is 4.90 Å². The van der Waals surface area contributed by atoms with Gasteiger partial charge in [-0.05, 0) is 32.3 Å². The van der Waals surface area contributed by atoms with Crippen molar-refractivity contribution in [3.63, 3.8) is 0 Å². The minimum atomic E-state index is 0.127. The summed E-state index contributed by atoms with van der Waals surface area (Å²) in [7, 11) is 0. The molecular weight excluding hydrogens is 210 g/mol. The molecule has 1 aliphatic rings. The Hall–Kier alpha value is -1.15. The van der Waals surface area contributed by atoms with Crippen LogP contribution in [0.15, 0.2) is 30.3 Å². The summed E-state index contributed by atoms with van der Waals surface area (Å²) in [6.07, 6.45) is 2.91. The largest absolute Gasteiger partial charge is 0.298 e. The second kappa shape index (κ2) is 5.01. The van der Waals surface area contributed by atoms with Gasteiger partial charge in [0.25, 0.3) is 0 Å². The number of aryl methyl sites for hydroxylation is 1. The van der Waals surface area contributed by atoms with Crippen LogP contribution in [0, 0.1) is 0 Å². The van der Waals surface area contributed by atoms with E-state index < -0.39 is 0 Å². The molecule has 1 fully saturated rings. The lowest BCUT2D eigenvalue weighted by molar-refractivity contribution is -0.117. The molecule has 1 saturated heterocycles. The van der Waals surface area contributed by atoms with Crippen LogP contribution in [0.25, 0.3) is 0 Å². The molecule has 2 heteroatoms. The van der Waals surface area contributed by atoms with Gasteiger partial charge in [-0.3, -0.25) is 9.69 Å². The van der Waals surface area contributed by atoms with Crippen LogP contribution in [0.4, 0.5) is 0 Å². The van der Waals surface area contributed by atoms with Gasteiger partial charge in [0.05, 0.1) is 6.54 Å². The van der Waals surface area contributed by atoms with Crippen LogP contribution in [0.1, 0.15) is 32.3 Å². The third-order valence-corrected chi connectivity index (χ3v) is 3.75. The number of hydrogen-bond donors (Lipinski definition) is 0. The van der Waals surface area contributed by atoms with Gasteiger partial charge in [-0.25, -0.2) is 0 Å². The minimum absolute atomic E-state index is 0.127. The van der Waals surface area contributed by atoms with E-state index in [0.29, 0.717) is 12.3 Å². The van der Waals surface area contributed by atoms with Crippen molar-refractivity contribution in [1.29, 1.82) is 0 Å². The van der Waals surface area contributed by atoms with Gasteiger partial charge in [-0.1, -0.05) is 30.3 Å². The highest BCUT2D eigenvalue weighted by Crippen LogP contribution is 2.24. The molecule has 0 radical (unpaired) electrons. The normalized spacial score (nSPS) is 17.6. The van der Waals surface area contributed by atoms with Crippen molar-refractivity contribution in [3.05, 3.63) is 35.9 Å². The highest BCUT2D eigenvalue weighted by Gasteiger charge is 2.31. The number of benzene rings is 1. The van der Waals surface area contributed by atoms with E-state index in [1.54, 1.807) is 0 Å². The first-order valence-electron chi connectivity index (χ1n) is 6.39. The standard InChI is InChI=1S/C15H21NO/c1-15(2,16-11-9-14(17)12-16)10-8-13-6-4-3-5-7-13/h3-7H,8-12H2,1-2H3. The summed E-state index contributed by atoms with van der Waals surface area (Å²) >= 11 is 0. The number of ketones is 1. The van der Waals surface area contributed by atoms with Crippen molar-refractivity contribution >= 4 is 5.78 Å². The number of likely N-dealkylation sites (tertiary alicyclic amines) is 1. The van der Waals surface area contributed by atoms with E-state index in [4.69, 9.17) is 0 Å². The number of Topliss-reactive ketones (excluding diaryl/α,β-unsaturated/α-hetero) is 1. The van der Waals surface area contributed by atoms with Gasteiger partial charge < -0.3 is 0 Å². The number of nitrogens with zero attached hydrogens (tertiary/aromatic N) is 1. The Bertz CT molecular complexity index is 383. The molecule has 1 aromatic rings. The second-order valence-corrected chi connectivity index (χ2v) is 5.51. The lowest BCUT2D eigenvalue weighted by Crippen LogP contribution is -2.42. The van der Waals surface area contributed by atoms with Crippen LogP contribution in [-0.2, 0) is 11.2 Å². The molecule has 2 rings (SSSR count). The summed E-state index contributed by atoms with van der Waals surface area (Å²) in [4.78, 5) is 13.7. The fourth-order valence-electron chi connectivity index (χ4n) is 2.40. The number of rotatable bonds is 4. The van der Waals surface area contributed by atoms with Gasteiger partial charge in [0.15, 0.2) is 0 Å². The van der Waals surface area contributed by atoms with Gasteiger partial charge in [0.1, 0.15) is 5.78 Å². The topological polar surface area (TPSA) is 20.3 Å². The Morgan fingerprint density at radius 3 is 2.53 bits per heavy atom. The van der Waals surface area contributed by atoms with E-state index in [1.807, 2.05) is 6.07 Å². The molecule has 1 heterocycles. The Balaban J connectivity index is 1.91. The summed E-state index contributed by atoms with van der Waals surface area (Å²) in [5.41, 5.74) is 1.51. The summed E-state index contributed by atoms with van der Waals surface area (Å²) in [6, 6.07) is 10.6. The molecule has 92 valence electrons. The van der Waals surface area contributed by atoms with E-state index in [-0.39, 0.29) is 5.54 Å². The maximum atomic E-state index is 11.3. The molecule has 0 saturated carbocycles. The van der Waals surface area contributed by atoms with E-state index >= 15 is 0 Å². The molecule has 0 amide bonds. The first kappa shape index (κ1) is 12.3. The van der Waals surface area contributed by atoms with Crippen LogP contribution < -0.4 is 0 Å². The number of hydrogen-bond acceptors (Lipinski definition) is 2. The molecule has 0 aromatic heterocycles. The van der Waals surface area contributed by atoms with Crippen molar-refractivity contribution in [2.24, 2.45) is 0 Å². The van der Waals surface area contributed by atoms with Crippen LogP contribution in [-0.4, -0.2) is 29.3 Å². The average molecular weight is 231 g/mol. The summed E-state index contributed by atoms with van der Waals surface area (Å²) in [5, 5.41) is 0. The predicted molar refractivity (Wildman–Crippen MR) is 70.0 cm³/mol. The molecule has 0 bridgehead atoms. The van der Waals surface area contributed by atoms with E-state index in [9.17, 15) is 4.79 Å². The van der Waals surface area contributed by atoms with E-state index in [1.165, 1.54) is 5.56 Å². The van der Waals surface area contributed by atoms with Gasteiger partial charge in [-0.2, -0.15) is 0 Å². The minimum Gasteiger partial charge on any atom is -0.298 e. The SMILES string of the molecule is CC(C)(CCc1ccccc1)N1CCC(=O)C1. The lowest BCUT2D eigenvalue weighted by Gasteiger charge is -2.35. The Labute approximate surface area is 104 Å². The highest BCUT2D eigenvalue weighted by molar-refractivity contribution is 5.82. The zero-order valence-corrected chi connectivity index (χ0v) is 10.8. The molecule has 1 aliphatic heterocycles. The first-order valence-corrected chi connectivity index (χ1v) is 6.39. The van der Waals surface area contributed by atoms with Gasteiger partial charge in [-0.15, -0.1) is 0 Å². The summed E-state index contributed by atoms with van der Waals surface area (Å²) in [5.74, 6) is 0.387. The van der Waals surface area contributed by atoms with Crippen molar-refractivity contribution in [2.45, 2.75) is 38.6 Å². The number of carbonyl (C=O) groups is 1. The molecular formula is C15H21NO. The fourth-order valence-corrected chi connectivity index (χ4v) is 2.40. The van der Waals surface area contributed by atoms with Crippen LogP contribution >= 0.6 is 0 Å². The van der Waals surface area contributed by atoms with Crippen molar-refractivity contribution < 1.29 is 4.79 Å².